The number of hydrogen-bond acceptors (Lipinski definition) is 3. The lowest BCUT2D eigenvalue weighted by molar-refractivity contribution is 0.0495. The van der Waals surface area contributed by atoms with Crippen LogP contribution in [0.25, 0.3) is 0 Å². The first kappa shape index (κ1) is 18.9. The molecule has 2 heterocycles. The van der Waals surface area contributed by atoms with Crippen molar-refractivity contribution in [2.75, 3.05) is 25.4 Å². The van der Waals surface area contributed by atoms with Gasteiger partial charge >= 0.3 is 0 Å². The van der Waals surface area contributed by atoms with Gasteiger partial charge in [0.15, 0.2) is 0 Å². The lowest BCUT2D eigenvalue weighted by atomic mass is 10.00. The Morgan fingerprint density at radius 2 is 1.57 bits per heavy atom. The molecule has 0 N–H and O–H groups in total. The molecule has 1 spiro atoms. The second-order valence-corrected chi connectivity index (χ2v) is 8.49. The summed E-state index contributed by atoms with van der Waals surface area (Å²) in [6, 6.07) is 11.6. The first-order valence-electron chi connectivity index (χ1n) is 9.25. The van der Waals surface area contributed by atoms with Gasteiger partial charge < -0.3 is 9.80 Å². The Hall–Kier alpha value is -2.41. The predicted molar refractivity (Wildman–Crippen MR) is 104 cm³/mol. The number of thioether (sulfide) groups is 1. The Kier molecular flexibility index (Phi) is 5.10. The van der Waals surface area contributed by atoms with Crippen molar-refractivity contribution in [3.63, 3.8) is 0 Å². The van der Waals surface area contributed by atoms with Crippen molar-refractivity contribution in [3.05, 3.63) is 71.3 Å². The van der Waals surface area contributed by atoms with Crippen LogP contribution < -0.4 is 0 Å². The number of hydrogen-bond donors (Lipinski definition) is 0. The summed E-state index contributed by atoms with van der Waals surface area (Å²) in [5, 5.41) is 0. The van der Waals surface area contributed by atoms with Crippen molar-refractivity contribution in [1.29, 1.82) is 0 Å². The van der Waals surface area contributed by atoms with E-state index in [4.69, 9.17) is 0 Å². The van der Waals surface area contributed by atoms with Crippen LogP contribution in [0.5, 0.6) is 0 Å². The summed E-state index contributed by atoms with van der Waals surface area (Å²) >= 11 is 1.71. The maximum absolute atomic E-state index is 14.1. The highest BCUT2D eigenvalue weighted by atomic mass is 32.2. The molecule has 2 aromatic carbocycles. The van der Waals surface area contributed by atoms with Crippen LogP contribution in [0.2, 0.25) is 0 Å². The first-order chi connectivity index (χ1) is 13.5. The number of amides is 2. The number of benzene rings is 2. The van der Waals surface area contributed by atoms with E-state index < -0.39 is 10.7 Å². The van der Waals surface area contributed by atoms with Gasteiger partial charge in [-0.1, -0.05) is 12.1 Å². The number of nitrogens with zero attached hydrogens (tertiary/aromatic N) is 2. The van der Waals surface area contributed by atoms with Crippen molar-refractivity contribution in [3.8, 4) is 0 Å². The molecule has 0 aromatic heterocycles. The quantitative estimate of drug-likeness (QED) is 0.768. The molecule has 0 unspecified atom stereocenters. The smallest absolute Gasteiger partial charge is 0.257 e. The Morgan fingerprint density at radius 1 is 0.893 bits per heavy atom. The summed E-state index contributed by atoms with van der Waals surface area (Å²) in [5.41, 5.74) is 0.546. The monoisotopic (exact) mass is 402 g/mol. The van der Waals surface area contributed by atoms with Gasteiger partial charge in [-0.2, -0.15) is 0 Å². The van der Waals surface area contributed by atoms with Gasteiger partial charge in [-0.25, -0.2) is 8.78 Å². The van der Waals surface area contributed by atoms with Crippen LogP contribution in [0.15, 0.2) is 48.5 Å². The lowest BCUT2D eigenvalue weighted by Crippen LogP contribution is -2.53. The van der Waals surface area contributed by atoms with Gasteiger partial charge in [-0.15, -0.1) is 11.8 Å². The van der Waals surface area contributed by atoms with Crippen LogP contribution in [-0.4, -0.2) is 51.9 Å². The van der Waals surface area contributed by atoms with Crippen molar-refractivity contribution in [1.82, 2.24) is 9.80 Å². The lowest BCUT2D eigenvalue weighted by Gasteiger charge is -2.44. The molecule has 2 fully saturated rings. The molecular weight excluding hydrogens is 382 g/mol. The van der Waals surface area contributed by atoms with Crippen molar-refractivity contribution in [2.45, 2.75) is 17.7 Å². The van der Waals surface area contributed by atoms with Crippen LogP contribution >= 0.6 is 11.8 Å². The SMILES string of the molecule is O=C(c1ccc(F)cc1)N1CCC2(CC1)SCCN2C(=O)c1ccccc1F. The van der Waals surface area contributed by atoms with Gasteiger partial charge in [0.05, 0.1) is 10.4 Å². The van der Waals surface area contributed by atoms with E-state index in [9.17, 15) is 18.4 Å². The van der Waals surface area contributed by atoms with Crippen molar-refractivity contribution < 1.29 is 18.4 Å². The minimum atomic E-state index is -0.511. The number of carbonyl (C=O) groups is 2. The third kappa shape index (κ3) is 3.39. The first-order valence-corrected chi connectivity index (χ1v) is 10.2. The van der Waals surface area contributed by atoms with Crippen LogP contribution in [0.4, 0.5) is 8.78 Å². The summed E-state index contributed by atoms with van der Waals surface area (Å²) in [4.78, 5) is 28.7. The molecule has 28 heavy (non-hydrogen) atoms. The van der Waals surface area contributed by atoms with Crippen LogP contribution in [0, 0.1) is 11.6 Å². The molecule has 0 saturated carbocycles. The Bertz CT molecular complexity index is 896. The second-order valence-electron chi connectivity index (χ2n) is 7.03. The summed E-state index contributed by atoms with van der Waals surface area (Å²) in [6.07, 6.45) is 1.26. The minimum Gasteiger partial charge on any atom is -0.338 e. The van der Waals surface area contributed by atoms with Crippen molar-refractivity contribution in [2.24, 2.45) is 0 Å². The highest BCUT2D eigenvalue weighted by Gasteiger charge is 2.47. The van der Waals surface area contributed by atoms with E-state index in [1.165, 1.54) is 36.4 Å². The number of rotatable bonds is 2. The Morgan fingerprint density at radius 3 is 2.25 bits per heavy atom. The van der Waals surface area contributed by atoms with Gasteiger partial charge in [0.2, 0.25) is 0 Å². The molecule has 2 aliphatic heterocycles. The van der Waals surface area contributed by atoms with Crippen LogP contribution in [0.1, 0.15) is 33.6 Å². The molecular formula is C21H20F2N2O2S. The molecule has 7 heteroatoms. The highest BCUT2D eigenvalue weighted by molar-refractivity contribution is 8.00. The third-order valence-electron chi connectivity index (χ3n) is 5.45. The van der Waals surface area contributed by atoms with E-state index in [-0.39, 0.29) is 23.2 Å². The molecule has 0 aliphatic carbocycles. The molecule has 2 aliphatic rings. The van der Waals surface area contributed by atoms with Gasteiger partial charge in [-0.3, -0.25) is 9.59 Å². The zero-order valence-electron chi connectivity index (χ0n) is 15.2. The second kappa shape index (κ2) is 7.54. The third-order valence-corrected chi connectivity index (χ3v) is 7.00. The minimum absolute atomic E-state index is 0.0918. The number of carbonyl (C=O) groups excluding carboxylic acids is 2. The van der Waals surface area contributed by atoms with E-state index in [1.807, 2.05) is 0 Å². The zero-order valence-corrected chi connectivity index (χ0v) is 16.1. The normalized spacial score (nSPS) is 18.5. The molecule has 2 aromatic rings. The molecule has 2 amide bonds. The Balaban J connectivity index is 1.48. The summed E-state index contributed by atoms with van der Waals surface area (Å²) in [5.74, 6) is -0.514. The maximum atomic E-state index is 14.1. The molecule has 4 nitrogen and oxygen atoms in total. The number of halogens is 2. The van der Waals surface area contributed by atoms with Gasteiger partial charge in [-0.05, 0) is 49.2 Å². The molecule has 0 radical (unpaired) electrons. The summed E-state index contributed by atoms with van der Waals surface area (Å²) in [6.45, 7) is 1.58. The van der Waals surface area contributed by atoms with E-state index in [2.05, 4.69) is 0 Å². The van der Waals surface area contributed by atoms with Gasteiger partial charge in [0.1, 0.15) is 11.6 Å². The highest BCUT2D eigenvalue weighted by Crippen LogP contribution is 2.44. The number of piperidine rings is 1. The number of likely N-dealkylation sites (tertiary alicyclic amines) is 1. The molecule has 2 saturated heterocycles. The molecule has 4 rings (SSSR count). The predicted octanol–water partition coefficient (Wildman–Crippen LogP) is 3.79. The topological polar surface area (TPSA) is 40.6 Å². The largest absolute Gasteiger partial charge is 0.338 e. The fourth-order valence-electron chi connectivity index (χ4n) is 3.92. The van der Waals surface area contributed by atoms with E-state index >= 15 is 0 Å². The fraction of sp³-hybridized carbons (Fsp3) is 0.333. The molecule has 0 bridgehead atoms. The summed E-state index contributed by atoms with van der Waals surface area (Å²) in [7, 11) is 0. The average Bonchev–Trinajstić information content (AvgIpc) is 3.11. The summed E-state index contributed by atoms with van der Waals surface area (Å²) < 4.78 is 27.2. The van der Waals surface area contributed by atoms with E-state index in [1.54, 1.807) is 33.7 Å². The van der Waals surface area contributed by atoms with E-state index in [0.29, 0.717) is 38.0 Å². The molecule has 0 atom stereocenters. The Labute approximate surface area is 166 Å². The van der Waals surface area contributed by atoms with Crippen LogP contribution in [0.3, 0.4) is 0 Å². The average molecular weight is 402 g/mol. The maximum Gasteiger partial charge on any atom is 0.257 e. The van der Waals surface area contributed by atoms with Gasteiger partial charge in [0, 0.05) is 31.0 Å². The molecule has 146 valence electrons. The van der Waals surface area contributed by atoms with E-state index in [0.717, 1.165) is 5.75 Å². The van der Waals surface area contributed by atoms with Crippen LogP contribution in [-0.2, 0) is 0 Å². The van der Waals surface area contributed by atoms with Crippen molar-refractivity contribution >= 4 is 23.6 Å². The van der Waals surface area contributed by atoms with Gasteiger partial charge in [0.25, 0.3) is 11.8 Å². The zero-order chi connectivity index (χ0) is 19.7. The fourth-order valence-corrected chi connectivity index (χ4v) is 5.38. The standard InChI is InChI=1S/C21H20F2N2O2S/c22-16-7-5-15(6-8-16)19(26)24-11-9-21(10-12-24)25(13-14-28-21)20(27)17-3-1-2-4-18(17)23/h1-8H,9-14H2.